The topological polar surface area (TPSA) is 87.3 Å². The maximum Gasteiger partial charge on any atom is 0.251 e. The minimum absolute atomic E-state index is 0.108. The van der Waals surface area contributed by atoms with E-state index in [0.29, 0.717) is 16.9 Å². The molecule has 1 unspecified atom stereocenters. The third-order valence-corrected chi connectivity index (χ3v) is 7.19. The Bertz CT molecular complexity index is 778. The number of amides is 3. The van der Waals surface area contributed by atoms with Crippen molar-refractivity contribution >= 4 is 29.1 Å². The number of benzene rings is 1. The molecule has 0 spiro atoms. The quantitative estimate of drug-likeness (QED) is 0.703. The molecule has 0 aromatic heterocycles. The molecule has 5 rings (SSSR count). The smallest absolute Gasteiger partial charge is 0.251 e. The van der Waals surface area contributed by atoms with E-state index in [4.69, 9.17) is 0 Å². The average molecular weight is 398 g/mol. The second-order valence-electron chi connectivity index (χ2n) is 9.64. The van der Waals surface area contributed by atoms with Gasteiger partial charge in [0, 0.05) is 36.8 Å². The molecular formula is C23H31N3O3. The lowest BCUT2D eigenvalue weighted by Crippen LogP contribution is -2.55. The molecule has 0 aliphatic heterocycles. The van der Waals surface area contributed by atoms with E-state index >= 15 is 0 Å². The normalized spacial score (nSPS) is 30.5. The summed E-state index contributed by atoms with van der Waals surface area (Å²) in [4.78, 5) is 36.0. The molecule has 6 nitrogen and oxygen atoms in total. The monoisotopic (exact) mass is 397 g/mol. The van der Waals surface area contributed by atoms with Crippen LogP contribution < -0.4 is 16.0 Å². The SMILES string of the molecule is CC(=O)Nc1cc(NC(C)=O)cc(C(=O)NC(C)C23CC4CC(CC(C4)C2)C3)c1. The molecule has 4 fully saturated rings. The molecule has 29 heavy (non-hydrogen) atoms. The van der Waals surface area contributed by atoms with E-state index in [1.807, 2.05) is 0 Å². The molecule has 0 saturated heterocycles. The molecule has 1 atom stereocenters. The zero-order valence-electron chi connectivity index (χ0n) is 17.5. The van der Waals surface area contributed by atoms with Crippen molar-refractivity contribution < 1.29 is 14.4 Å². The van der Waals surface area contributed by atoms with Crippen LogP contribution in [0.5, 0.6) is 0 Å². The molecule has 4 saturated carbocycles. The second-order valence-corrected chi connectivity index (χ2v) is 9.64. The lowest BCUT2D eigenvalue weighted by Gasteiger charge is -2.59. The summed E-state index contributed by atoms with van der Waals surface area (Å²) in [6.07, 6.45) is 7.80. The van der Waals surface area contributed by atoms with E-state index in [9.17, 15) is 14.4 Å². The standard InChI is InChI=1S/C23H31N3O3/c1-13(23-10-16-4-17(11-23)6-18(5-16)12-23)24-22(29)19-7-20(25-14(2)27)9-21(8-19)26-15(3)28/h7-9,13,16-18H,4-6,10-12H2,1-3H3,(H,24,29)(H,25,27)(H,26,28). The summed E-state index contributed by atoms with van der Waals surface area (Å²) < 4.78 is 0. The van der Waals surface area contributed by atoms with Gasteiger partial charge in [-0.1, -0.05) is 0 Å². The van der Waals surface area contributed by atoms with Crippen LogP contribution in [-0.2, 0) is 9.59 Å². The number of carbonyl (C=O) groups excluding carboxylic acids is 3. The van der Waals surface area contributed by atoms with Gasteiger partial charge in [-0.25, -0.2) is 0 Å². The summed E-state index contributed by atoms with van der Waals surface area (Å²) in [5.74, 6) is 1.88. The van der Waals surface area contributed by atoms with Crippen molar-refractivity contribution in [3.63, 3.8) is 0 Å². The van der Waals surface area contributed by atoms with E-state index in [2.05, 4.69) is 22.9 Å². The van der Waals surface area contributed by atoms with Crippen LogP contribution in [0.1, 0.15) is 69.7 Å². The molecule has 3 N–H and O–H groups in total. The highest BCUT2D eigenvalue weighted by Gasteiger charge is 2.53. The maximum absolute atomic E-state index is 13.1. The van der Waals surface area contributed by atoms with E-state index in [1.165, 1.54) is 52.4 Å². The van der Waals surface area contributed by atoms with Crippen molar-refractivity contribution in [2.75, 3.05) is 10.6 Å². The third kappa shape index (κ3) is 4.16. The Morgan fingerprint density at radius 1 is 0.862 bits per heavy atom. The molecule has 1 aromatic carbocycles. The number of anilines is 2. The fraction of sp³-hybridized carbons (Fsp3) is 0.609. The Hall–Kier alpha value is -2.37. The Morgan fingerprint density at radius 2 is 1.31 bits per heavy atom. The van der Waals surface area contributed by atoms with E-state index < -0.39 is 0 Å². The van der Waals surface area contributed by atoms with E-state index in [0.717, 1.165) is 17.8 Å². The molecule has 1 aromatic rings. The van der Waals surface area contributed by atoms with Crippen molar-refractivity contribution in [3.8, 4) is 0 Å². The van der Waals surface area contributed by atoms with Crippen LogP contribution in [0.25, 0.3) is 0 Å². The van der Waals surface area contributed by atoms with Crippen LogP contribution in [0.4, 0.5) is 11.4 Å². The van der Waals surface area contributed by atoms with Crippen LogP contribution in [0.15, 0.2) is 18.2 Å². The number of hydrogen-bond acceptors (Lipinski definition) is 3. The Labute approximate surface area is 172 Å². The van der Waals surface area contributed by atoms with Crippen molar-refractivity contribution in [1.82, 2.24) is 5.32 Å². The van der Waals surface area contributed by atoms with Gasteiger partial charge in [-0.3, -0.25) is 14.4 Å². The summed E-state index contributed by atoms with van der Waals surface area (Å²) in [5.41, 5.74) is 1.66. The largest absolute Gasteiger partial charge is 0.349 e. The Balaban J connectivity index is 1.53. The average Bonchev–Trinajstić information content (AvgIpc) is 2.59. The number of carbonyl (C=O) groups is 3. The Morgan fingerprint density at radius 3 is 1.72 bits per heavy atom. The minimum Gasteiger partial charge on any atom is -0.349 e. The van der Waals surface area contributed by atoms with Gasteiger partial charge in [-0.15, -0.1) is 0 Å². The molecule has 6 heteroatoms. The van der Waals surface area contributed by atoms with Gasteiger partial charge in [-0.05, 0) is 86.8 Å². The maximum atomic E-state index is 13.1. The van der Waals surface area contributed by atoms with Gasteiger partial charge in [0.05, 0.1) is 0 Å². The highest BCUT2D eigenvalue weighted by molar-refractivity contribution is 6.00. The zero-order chi connectivity index (χ0) is 20.8. The molecule has 3 amide bonds. The first-order valence-corrected chi connectivity index (χ1v) is 10.7. The molecule has 156 valence electrons. The van der Waals surface area contributed by atoms with Crippen molar-refractivity contribution in [2.45, 2.75) is 65.3 Å². The predicted molar refractivity (Wildman–Crippen MR) is 113 cm³/mol. The molecule has 4 aliphatic rings. The first-order chi connectivity index (χ1) is 13.7. The van der Waals surface area contributed by atoms with Crippen LogP contribution in [0.2, 0.25) is 0 Å². The lowest BCUT2D eigenvalue weighted by molar-refractivity contribution is -0.115. The van der Waals surface area contributed by atoms with Gasteiger partial charge < -0.3 is 16.0 Å². The fourth-order valence-corrected chi connectivity index (χ4v) is 6.45. The lowest BCUT2D eigenvalue weighted by atomic mass is 9.48. The first kappa shape index (κ1) is 19.9. The number of nitrogens with one attached hydrogen (secondary N) is 3. The second kappa shape index (κ2) is 7.47. The summed E-state index contributed by atoms with van der Waals surface area (Å²) in [5, 5.41) is 8.66. The van der Waals surface area contributed by atoms with Crippen LogP contribution in [0.3, 0.4) is 0 Å². The van der Waals surface area contributed by atoms with Crippen LogP contribution in [-0.4, -0.2) is 23.8 Å². The molecular weight excluding hydrogens is 366 g/mol. The Kier molecular flexibility index (Phi) is 5.13. The fourth-order valence-electron chi connectivity index (χ4n) is 6.45. The van der Waals surface area contributed by atoms with Crippen LogP contribution in [0, 0.1) is 23.2 Å². The third-order valence-electron chi connectivity index (χ3n) is 7.19. The van der Waals surface area contributed by atoms with E-state index in [1.54, 1.807) is 18.2 Å². The van der Waals surface area contributed by atoms with Gasteiger partial charge in [0.25, 0.3) is 5.91 Å². The van der Waals surface area contributed by atoms with Crippen molar-refractivity contribution in [3.05, 3.63) is 23.8 Å². The molecule has 4 aliphatic carbocycles. The van der Waals surface area contributed by atoms with Gasteiger partial charge in [0.1, 0.15) is 0 Å². The van der Waals surface area contributed by atoms with E-state index in [-0.39, 0.29) is 29.2 Å². The van der Waals surface area contributed by atoms with Gasteiger partial charge in [-0.2, -0.15) is 0 Å². The predicted octanol–water partition coefficient (Wildman–Crippen LogP) is 3.94. The van der Waals surface area contributed by atoms with Crippen LogP contribution >= 0.6 is 0 Å². The van der Waals surface area contributed by atoms with Gasteiger partial charge in [0.15, 0.2) is 0 Å². The van der Waals surface area contributed by atoms with Gasteiger partial charge in [0.2, 0.25) is 11.8 Å². The zero-order valence-corrected chi connectivity index (χ0v) is 17.5. The summed E-state index contributed by atoms with van der Waals surface area (Å²) >= 11 is 0. The molecule has 4 bridgehead atoms. The van der Waals surface area contributed by atoms with Gasteiger partial charge >= 0.3 is 0 Å². The number of hydrogen-bond donors (Lipinski definition) is 3. The highest BCUT2D eigenvalue weighted by Crippen LogP contribution is 2.61. The van der Waals surface area contributed by atoms with Crippen molar-refractivity contribution in [1.29, 1.82) is 0 Å². The summed E-state index contributed by atoms with van der Waals surface area (Å²) in [6.45, 7) is 4.98. The molecule has 0 heterocycles. The minimum atomic E-state index is -0.224. The van der Waals surface area contributed by atoms with Crippen molar-refractivity contribution in [2.24, 2.45) is 23.2 Å². The summed E-state index contributed by atoms with van der Waals surface area (Å²) in [7, 11) is 0. The first-order valence-electron chi connectivity index (χ1n) is 10.7. The highest BCUT2D eigenvalue weighted by atomic mass is 16.2. The summed E-state index contributed by atoms with van der Waals surface area (Å²) in [6, 6.07) is 5.09. The molecule has 0 radical (unpaired) electrons. The number of rotatable bonds is 5.